The summed E-state index contributed by atoms with van der Waals surface area (Å²) in [5, 5.41) is 15.4. The highest BCUT2D eigenvalue weighted by Gasteiger charge is 2.35. The van der Waals surface area contributed by atoms with Crippen LogP contribution in [0.5, 0.6) is 5.75 Å². The molecular weight excluding hydrogens is 454 g/mol. The van der Waals surface area contributed by atoms with E-state index in [1.54, 1.807) is 39.8 Å². The number of phenolic OH excluding ortho intramolecular Hbond substituents is 1. The van der Waals surface area contributed by atoms with Gasteiger partial charge in [-0.05, 0) is 75.8 Å². The Bertz CT molecular complexity index is 892. The number of unbranched alkanes of at least 4 members (excludes halogenated alkanes) is 1. The summed E-state index contributed by atoms with van der Waals surface area (Å²) in [6.45, 7) is 9.30. The second kappa shape index (κ2) is 13.8. The molecule has 2 unspecified atom stereocenters. The molecule has 0 radical (unpaired) electrons. The number of carbonyl (C=O) groups is 3. The number of amides is 3. The Morgan fingerprint density at radius 3 is 2.50 bits per heavy atom. The second-order valence-corrected chi connectivity index (χ2v) is 9.90. The SMILES string of the molecule is C#CN(C(=O)C(CCSC)NC(=O)OC(C)(C)C)C(C(=O)NCCCC)c1ccc(O)c(C)c1. The Labute approximate surface area is 207 Å². The zero-order chi connectivity index (χ0) is 25.9. The van der Waals surface area contributed by atoms with Crippen molar-refractivity contribution in [1.29, 1.82) is 0 Å². The van der Waals surface area contributed by atoms with Gasteiger partial charge in [-0.15, -0.1) is 0 Å². The van der Waals surface area contributed by atoms with Crippen molar-refractivity contribution in [3.8, 4) is 18.2 Å². The third-order valence-corrected chi connectivity index (χ3v) is 5.49. The fraction of sp³-hybridized carbons (Fsp3) is 0.560. The second-order valence-electron chi connectivity index (χ2n) is 8.91. The number of thioether (sulfide) groups is 1. The predicted octanol–water partition coefficient (Wildman–Crippen LogP) is 3.72. The number of hydrogen-bond acceptors (Lipinski definition) is 6. The van der Waals surface area contributed by atoms with E-state index in [0.29, 0.717) is 29.8 Å². The molecular formula is C25H37N3O5S. The Morgan fingerprint density at radius 1 is 1.29 bits per heavy atom. The number of benzene rings is 1. The zero-order valence-corrected chi connectivity index (χ0v) is 21.8. The molecule has 8 nitrogen and oxygen atoms in total. The van der Waals surface area contributed by atoms with E-state index in [9.17, 15) is 19.5 Å². The molecule has 0 aromatic heterocycles. The smallest absolute Gasteiger partial charge is 0.408 e. The summed E-state index contributed by atoms with van der Waals surface area (Å²) in [5.74, 6) is -0.387. The number of hydrogen-bond donors (Lipinski definition) is 3. The number of ether oxygens (including phenoxy) is 1. The first-order chi connectivity index (χ1) is 15.9. The van der Waals surface area contributed by atoms with Crippen molar-refractivity contribution in [2.75, 3.05) is 18.6 Å². The van der Waals surface area contributed by atoms with Gasteiger partial charge in [-0.3, -0.25) is 14.5 Å². The molecule has 3 amide bonds. The van der Waals surface area contributed by atoms with Gasteiger partial charge in [-0.2, -0.15) is 11.8 Å². The topological polar surface area (TPSA) is 108 Å². The van der Waals surface area contributed by atoms with Crippen LogP contribution in [0.15, 0.2) is 18.2 Å². The summed E-state index contributed by atoms with van der Waals surface area (Å²) in [5.41, 5.74) is 0.254. The molecule has 1 rings (SSSR count). The lowest BCUT2D eigenvalue weighted by Crippen LogP contribution is -2.51. The number of rotatable bonds is 11. The number of carbonyl (C=O) groups excluding carboxylic acids is 3. The average Bonchev–Trinajstić information content (AvgIpc) is 2.75. The maximum atomic E-state index is 13.6. The zero-order valence-electron chi connectivity index (χ0n) is 20.9. The van der Waals surface area contributed by atoms with Gasteiger partial charge in [0.1, 0.15) is 23.4 Å². The van der Waals surface area contributed by atoms with E-state index in [4.69, 9.17) is 11.2 Å². The molecule has 0 aliphatic carbocycles. The molecule has 0 bridgehead atoms. The van der Waals surface area contributed by atoms with Gasteiger partial charge in [-0.1, -0.05) is 25.8 Å². The summed E-state index contributed by atoms with van der Waals surface area (Å²) in [6, 6.07) is 4.87. The van der Waals surface area contributed by atoms with E-state index in [0.717, 1.165) is 17.7 Å². The first-order valence-electron chi connectivity index (χ1n) is 11.3. The first kappa shape index (κ1) is 29.2. The Kier molecular flexibility index (Phi) is 11.8. The van der Waals surface area contributed by atoms with Crippen LogP contribution in [0.1, 0.15) is 64.1 Å². The Morgan fingerprint density at radius 2 is 1.97 bits per heavy atom. The van der Waals surface area contributed by atoms with Crippen LogP contribution in [0.25, 0.3) is 0 Å². The largest absolute Gasteiger partial charge is 0.508 e. The number of nitrogens with zero attached hydrogens (tertiary/aromatic N) is 1. The number of aromatic hydroxyl groups is 1. The predicted molar refractivity (Wildman–Crippen MR) is 135 cm³/mol. The van der Waals surface area contributed by atoms with Crippen LogP contribution < -0.4 is 10.6 Å². The Balaban J connectivity index is 3.34. The standard InChI is InChI=1S/C25H37N3O5S/c1-8-10-14-26-22(30)21(18-11-12-20(29)17(3)16-18)28(9-2)23(31)19(13-15-34-7)27-24(32)33-25(4,5)6/h2,11-12,16,19,21,29H,8,10,13-15H2,1,3-7H3,(H,26,30)(H,27,32). The summed E-state index contributed by atoms with van der Waals surface area (Å²) < 4.78 is 5.31. The average molecular weight is 492 g/mol. The lowest BCUT2D eigenvalue weighted by atomic mass is 10.0. The van der Waals surface area contributed by atoms with Gasteiger partial charge >= 0.3 is 6.09 Å². The molecule has 188 valence electrons. The summed E-state index contributed by atoms with van der Waals surface area (Å²) in [7, 11) is 0. The van der Waals surface area contributed by atoms with Crippen molar-refractivity contribution in [2.45, 2.75) is 71.6 Å². The van der Waals surface area contributed by atoms with Crippen molar-refractivity contribution in [3.63, 3.8) is 0 Å². The summed E-state index contributed by atoms with van der Waals surface area (Å²) >= 11 is 1.51. The quantitative estimate of drug-likeness (QED) is 0.247. The monoisotopic (exact) mass is 491 g/mol. The van der Waals surface area contributed by atoms with Crippen LogP contribution in [0.4, 0.5) is 4.79 Å². The van der Waals surface area contributed by atoms with E-state index in [1.165, 1.54) is 17.8 Å². The van der Waals surface area contributed by atoms with Crippen LogP contribution in [0.2, 0.25) is 0 Å². The maximum absolute atomic E-state index is 13.6. The molecule has 0 fully saturated rings. The lowest BCUT2D eigenvalue weighted by Gasteiger charge is -2.30. The summed E-state index contributed by atoms with van der Waals surface area (Å²) in [4.78, 5) is 40.2. The molecule has 1 aromatic rings. The van der Waals surface area contributed by atoms with Crippen molar-refractivity contribution in [2.24, 2.45) is 0 Å². The third-order valence-electron chi connectivity index (χ3n) is 4.85. The van der Waals surface area contributed by atoms with E-state index < -0.39 is 35.6 Å². The molecule has 2 atom stereocenters. The minimum Gasteiger partial charge on any atom is -0.508 e. The molecule has 0 aliphatic heterocycles. The first-order valence-corrected chi connectivity index (χ1v) is 12.7. The molecule has 1 aromatic carbocycles. The van der Waals surface area contributed by atoms with Crippen molar-refractivity contribution in [3.05, 3.63) is 29.3 Å². The van der Waals surface area contributed by atoms with E-state index in [-0.39, 0.29) is 5.75 Å². The highest BCUT2D eigenvalue weighted by atomic mass is 32.2. The number of alkyl carbamates (subject to hydrolysis) is 1. The van der Waals surface area contributed by atoms with Gasteiger partial charge in [0.25, 0.3) is 5.91 Å². The van der Waals surface area contributed by atoms with Crippen molar-refractivity contribution >= 4 is 29.7 Å². The summed E-state index contributed by atoms with van der Waals surface area (Å²) in [6.07, 6.45) is 8.85. The van der Waals surface area contributed by atoms with Gasteiger partial charge in [-0.25, -0.2) is 4.79 Å². The normalized spacial score (nSPS) is 12.7. The Hall–Kier alpha value is -2.86. The fourth-order valence-corrected chi connectivity index (χ4v) is 3.60. The molecule has 0 saturated heterocycles. The third kappa shape index (κ3) is 9.18. The highest BCUT2D eigenvalue weighted by molar-refractivity contribution is 7.98. The van der Waals surface area contributed by atoms with Crippen LogP contribution in [-0.4, -0.2) is 58.1 Å². The van der Waals surface area contributed by atoms with Crippen molar-refractivity contribution in [1.82, 2.24) is 15.5 Å². The minimum absolute atomic E-state index is 0.0666. The van der Waals surface area contributed by atoms with Crippen molar-refractivity contribution < 1.29 is 24.2 Å². The van der Waals surface area contributed by atoms with Crippen LogP contribution >= 0.6 is 11.8 Å². The fourth-order valence-electron chi connectivity index (χ4n) is 3.13. The number of terminal acetylenes is 1. The molecule has 0 saturated carbocycles. The van der Waals surface area contributed by atoms with E-state index in [2.05, 4.69) is 16.7 Å². The number of phenols is 1. The highest BCUT2D eigenvalue weighted by Crippen LogP contribution is 2.27. The van der Waals surface area contributed by atoms with Gasteiger partial charge < -0.3 is 20.5 Å². The van der Waals surface area contributed by atoms with Crippen LogP contribution in [0, 0.1) is 19.4 Å². The molecule has 0 spiro atoms. The van der Waals surface area contributed by atoms with Crippen LogP contribution in [-0.2, 0) is 14.3 Å². The van der Waals surface area contributed by atoms with Gasteiger partial charge in [0.15, 0.2) is 0 Å². The number of nitrogens with one attached hydrogen (secondary N) is 2. The van der Waals surface area contributed by atoms with Gasteiger partial charge in [0.2, 0.25) is 5.91 Å². The van der Waals surface area contributed by atoms with E-state index >= 15 is 0 Å². The molecule has 34 heavy (non-hydrogen) atoms. The van der Waals surface area contributed by atoms with Gasteiger partial charge in [0, 0.05) is 12.6 Å². The lowest BCUT2D eigenvalue weighted by molar-refractivity contribution is -0.138. The molecule has 9 heteroatoms. The van der Waals surface area contributed by atoms with Gasteiger partial charge in [0.05, 0.1) is 0 Å². The molecule has 0 aliphatic rings. The molecule has 3 N–H and O–H groups in total. The van der Waals surface area contributed by atoms with Crippen LogP contribution in [0.3, 0.4) is 0 Å². The molecule has 0 heterocycles. The number of aryl methyl sites for hydroxylation is 1. The minimum atomic E-state index is -1.13. The van der Waals surface area contributed by atoms with E-state index in [1.807, 2.05) is 13.2 Å². The maximum Gasteiger partial charge on any atom is 0.408 e.